The van der Waals surface area contributed by atoms with Gasteiger partial charge in [0.2, 0.25) is 5.89 Å². The van der Waals surface area contributed by atoms with Crippen molar-refractivity contribution < 1.29 is 14.1 Å². The number of hydrogen-bond donors (Lipinski definition) is 1. The molecule has 0 radical (unpaired) electrons. The molecule has 0 aliphatic heterocycles. The van der Waals surface area contributed by atoms with E-state index >= 15 is 0 Å². The van der Waals surface area contributed by atoms with Crippen molar-refractivity contribution in [1.82, 2.24) is 10.1 Å². The van der Waals surface area contributed by atoms with Gasteiger partial charge in [-0.3, -0.25) is 9.59 Å². The van der Waals surface area contributed by atoms with Crippen molar-refractivity contribution in [2.24, 2.45) is 0 Å². The zero-order valence-electron chi connectivity index (χ0n) is 14.4. The van der Waals surface area contributed by atoms with Gasteiger partial charge in [-0.25, -0.2) is 0 Å². The van der Waals surface area contributed by atoms with E-state index in [1.54, 1.807) is 37.3 Å². The van der Waals surface area contributed by atoms with Crippen molar-refractivity contribution >= 4 is 29.1 Å². The van der Waals surface area contributed by atoms with Crippen LogP contribution in [0.3, 0.4) is 0 Å². The third kappa shape index (κ3) is 4.37. The van der Waals surface area contributed by atoms with Crippen molar-refractivity contribution in [1.29, 1.82) is 0 Å². The molecule has 1 N–H and O–H groups in total. The van der Waals surface area contributed by atoms with Crippen LogP contribution in [0.4, 0.5) is 5.69 Å². The van der Waals surface area contributed by atoms with Crippen molar-refractivity contribution in [3.8, 4) is 0 Å². The van der Waals surface area contributed by atoms with Gasteiger partial charge in [-0.15, -0.1) is 11.8 Å². The normalized spacial score (nSPS) is 10.5. The van der Waals surface area contributed by atoms with Gasteiger partial charge in [0.05, 0.1) is 11.3 Å². The molecule has 0 atom stereocenters. The van der Waals surface area contributed by atoms with Crippen molar-refractivity contribution in [3.63, 3.8) is 0 Å². The van der Waals surface area contributed by atoms with Gasteiger partial charge in [0.1, 0.15) is 0 Å². The third-order valence-electron chi connectivity index (χ3n) is 3.58. The van der Waals surface area contributed by atoms with Crippen LogP contribution in [0.25, 0.3) is 0 Å². The molecule has 3 aromatic rings. The first-order valence-corrected chi connectivity index (χ1v) is 8.95. The highest BCUT2D eigenvalue weighted by atomic mass is 32.2. The topological polar surface area (TPSA) is 85.1 Å². The van der Waals surface area contributed by atoms with Crippen LogP contribution in [-0.4, -0.2) is 21.8 Å². The molecule has 1 heterocycles. The molecule has 26 heavy (non-hydrogen) atoms. The van der Waals surface area contributed by atoms with E-state index in [4.69, 9.17) is 4.52 Å². The molecule has 0 aliphatic rings. The van der Waals surface area contributed by atoms with Crippen LogP contribution in [0.2, 0.25) is 0 Å². The number of rotatable bonds is 6. The molecular formula is C19H17N3O3S. The summed E-state index contributed by atoms with van der Waals surface area (Å²) in [5.74, 6) is 1.28. The van der Waals surface area contributed by atoms with E-state index in [-0.39, 0.29) is 11.7 Å². The maximum atomic E-state index is 12.7. The largest absolute Gasteiger partial charge is 0.338 e. The molecule has 0 aliphatic carbocycles. The Hall–Kier alpha value is -2.93. The zero-order valence-corrected chi connectivity index (χ0v) is 15.2. The summed E-state index contributed by atoms with van der Waals surface area (Å²) in [4.78, 5) is 29.1. The summed E-state index contributed by atoms with van der Waals surface area (Å²) < 4.78 is 5.10. The Bertz CT molecular complexity index is 952. The molecular weight excluding hydrogens is 350 g/mol. The van der Waals surface area contributed by atoms with Gasteiger partial charge in [0, 0.05) is 16.1 Å². The fraction of sp³-hybridized carbons (Fsp3) is 0.158. The summed E-state index contributed by atoms with van der Waals surface area (Å²) in [7, 11) is 0. The number of anilines is 1. The molecule has 7 heteroatoms. The zero-order chi connectivity index (χ0) is 18.5. The van der Waals surface area contributed by atoms with Gasteiger partial charge < -0.3 is 9.84 Å². The maximum Gasteiger partial charge on any atom is 0.256 e. The van der Waals surface area contributed by atoms with Crippen LogP contribution in [0, 0.1) is 6.92 Å². The maximum absolute atomic E-state index is 12.7. The summed E-state index contributed by atoms with van der Waals surface area (Å²) in [5, 5.41) is 6.60. The van der Waals surface area contributed by atoms with Crippen LogP contribution < -0.4 is 5.32 Å². The van der Waals surface area contributed by atoms with Crippen molar-refractivity contribution in [3.05, 3.63) is 71.4 Å². The minimum atomic E-state index is -0.240. The highest BCUT2D eigenvalue weighted by Gasteiger charge is 2.13. The lowest BCUT2D eigenvalue weighted by Gasteiger charge is -2.10. The van der Waals surface area contributed by atoms with E-state index in [0.717, 1.165) is 4.90 Å². The molecule has 2 aromatic carbocycles. The summed E-state index contributed by atoms with van der Waals surface area (Å²) in [6.45, 7) is 3.25. The Morgan fingerprint density at radius 2 is 1.96 bits per heavy atom. The van der Waals surface area contributed by atoms with Gasteiger partial charge in [-0.1, -0.05) is 29.4 Å². The first-order chi connectivity index (χ1) is 12.5. The smallest absolute Gasteiger partial charge is 0.256 e. The number of aromatic nitrogens is 2. The number of carbonyl (C=O) groups excluding carboxylic acids is 2. The molecule has 0 saturated heterocycles. The standard InChI is InChI=1S/C19H17N3O3S/c1-12(23)14-6-5-7-15(10-14)21-19(24)16-8-3-4-9-17(16)26-11-18-20-13(2)22-25-18/h3-10H,11H2,1-2H3,(H,21,24). The molecule has 0 fully saturated rings. The van der Waals surface area contributed by atoms with Gasteiger partial charge >= 0.3 is 0 Å². The van der Waals surface area contributed by atoms with Crippen molar-refractivity contribution in [2.45, 2.75) is 24.5 Å². The number of amides is 1. The fourth-order valence-electron chi connectivity index (χ4n) is 2.33. The molecule has 132 valence electrons. The first-order valence-electron chi connectivity index (χ1n) is 7.96. The Morgan fingerprint density at radius 3 is 2.69 bits per heavy atom. The third-order valence-corrected chi connectivity index (χ3v) is 4.64. The fourth-order valence-corrected chi connectivity index (χ4v) is 3.22. The van der Waals surface area contributed by atoms with Gasteiger partial charge in [0.25, 0.3) is 5.91 Å². The SMILES string of the molecule is CC(=O)c1cccc(NC(=O)c2ccccc2SCc2nc(C)no2)c1. The van der Waals surface area contributed by atoms with Crippen LogP contribution in [0.15, 0.2) is 57.9 Å². The number of Topliss-reactive ketones (excluding diaryl/α,β-unsaturated/α-hetero) is 1. The van der Waals surface area contributed by atoms with E-state index in [2.05, 4.69) is 15.5 Å². The number of hydrogen-bond acceptors (Lipinski definition) is 6. The first kappa shape index (κ1) is 17.9. The second-order valence-corrected chi connectivity index (χ2v) is 6.63. The molecule has 0 spiro atoms. The number of carbonyl (C=O) groups is 2. The highest BCUT2D eigenvalue weighted by molar-refractivity contribution is 7.98. The Labute approximate surface area is 155 Å². The number of ketones is 1. The Balaban J connectivity index is 1.75. The highest BCUT2D eigenvalue weighted by Crippen LogP contribution is 2.26. The van der Waals surface area contributed by atoms with Gasteiger partial charge in [0.15, 0.2) is 11.6 Å². The lowest BCUT2D eigenvalue weighted by Crippen LogP contribution is -2.13. The second kappa shape index (κ2) is 7.97. The summed E-state index contributed by atoms with van der Waals surface area (Å²) >= 11 is 1.45. The quantitative estimate of drug-likeness (QED) is 0.521. The number of thioether (sulfide) groups is 1. The minimum Gasteiger partial charge on any atom is -0.338 e. The number of nitrogens with one attached hydrogen (secondary N) is 1. The predicted molar refractivity (Wildman–Crippen MR) is 99.4 cm³/mol. The molecule has 0 saturated carbocycles. The van der Waals surface area contributed by atoms with Crippen LogP contribution in [0.1, 0.15) is 39.4 Å². The molecule has 0 unspecified atom stereocenters. The van der Waals surface area contributed by atoms with E-state index in [1.165, 1.54) is 18.7 Å². The van der Waals surface area contributed by atoms with Crippen LogP contribution in [0.5, 0.6) is 0 Å². The minimum absolute atomic E-state index is 0.0492. The molecule has 1 aromatic heterocycles. The average Bonchev–Trinajstić information content (AvgIpc) is 3.05. The molecule has 3 rings (SSSR count). The van der Waals surface area contributed by atoms with E-state index in [1.807, 2.05) is 18.2 Å². The summed E-state index contributed by atoms with van der Waals surface area (Å²) in [6, 6.07) is 14.2. The lowest BCUT2D eigenvalue weighted by molar-refractivity contribution is 0.101. The van der Waals surface area contributed by atoms with E-state index < -0.39 is 0 Å². The Kier molecular flexibility index (Phi) is 5.48. The Morgan fingerprint density at radius 1 is 1.15 bits per heavy atom. The summed E-state index contributed by atoms with van der Waals surface area (Å²) in [6.07, 6.45) is 0. The lowest BCUT2D eigenvalue weighted by atomic mass is 10.1. The van der Waals surface area contributed by atoms with Crippen LogP contribution >= 0.6 is 11.8 Å². The van der Waals surface area contributed by atoms with Crippen molar-refractivity contribution in [2.75, 3.05) is 5.32 Å². The predicted octanol–water partition coefficient (Wildman–Crippen LogP) is 4.13. The monoisotopic (exact) mass is 367 g/mol. The molecule has 0 bridgehead atoms. The number of benzene rings is 2. The van der Waals surface area contributed by atoms with Gasteiger partial charge in [-0.05, 0) is 38.1 Å². The summed E-state index contributed by atoms with van der Waals surface area (Å²) in [5.41, 5.74) is 1.68. The van der Waals surface area contributed by atoms with Gasteiger partial charge in [-0.2, -0.15) is 4.98 Å². The number of aryl methyl sites for hydroxylation is 1. The second-order valence-electron chi connectivity index (χ2n) is 5.61. The van der Waals surface area contributed by atoms with E-state index in [0.29, 0.717) is 34.3 Å². The number of nitrogens with zero attached hydrogens (tertiary/aromatic N) is 2. The molecule has 6 nitrogen and oxygen atoms in total. The van der Waals surface area contributed by atoms with Crippen LogP contribution in [-0.2, 0) is 5.75 Å². The van der Waals surface area contributed by atoms with E-state index in [9.17, 15) is 9.59 Å². The molecule has 1 amide bonds. The average molecular weight is 367 g/mol.